The summed E-state index contributed by atoms with van der Waals surface area (Å²) in [5.74, 6) is 0.767. The average molecular weight is 199 g/mol. The molecule has 0 bridgehead atoms. The van der Waals surface area contributed by atoms with E-state index < -0.39 is 0 Å². The Morgan fingerprint density at radius 2 is 1.87 bits per heavy atom. The van der Waals surface area contributed by atoms with Crippen molar-refractivity contribution in [2.24, 2.45) is 0 Å². The van der Waals surface area contributed by atoms with E-state index in [1.165, 1.54) is 5.56 Å². The summed E-state index contributed by atoms with van der Waals surface area (Å²) in [5, 5.41) is 3.13. The molecular weight excluding hydrogens is 186 g/mol. The third kappa shape index (κ3) is 1.96. The fourth-order valence-electron chi connectivity index (χ4n) is 1.53. The molecule has 1 aromatic heterocycles. The highest BCUT2D eigenvalue weighted by Gasteiger charge is 2.02. The molecule has 15 heavy (non-hydrogen) atoms. The molecule has 76 valence electrons. The van der Waals surface area contributed by atoms with E-state index >= 15 is 0 Å². The van der Waals surface area contributed by atoms with E-state index in [9.17, 15) is 0 Å². The number of nitrogens with one attached hydrogen (secondary N) is 1. The van der Waals surface area contributed by atoms with Crippen LogP contribution in [0.15, 0.2) is 36.7 Å². The number of rotatable bonds is 2. The Hall–Kier alpha value is -1.90. The van der Waals surface area contributed by atoms with Crippen LogP contribution in [-0.2, 0) is 0 Å². The SMILES string of the molecule is CNc1ccc(-c2ncccn2)cc1C. The molecule has 0 aliphatic heterocycles. The van der Waals surface area contributed by atoms with Crippen LogP contribution >= 0.6 is 0 Å². The molecule has 3 heteroatoms. The van der Waals surface area contributed by atoms with Gasteiger partial charge in [-0.25, -0.2) is 9.97 Å². The molecule has 0 spiro atoms. The van der Waals surface area contributed by atoms with Gasteiger partial charge in [-0.2, -0.15) is 0 Å². The van der Waals surface area contributed by atoms with Gasteiger partial charge < -0.3 is 5.32 Å². The van der Waals surface area contributed by atoms with Gasteiger partial charge in [0.05, 0.1) is 0 Å². The molecule has 0 saturated heterocycles. The monoisotopic (exact) mass is 199 g/mol. The normalized spacial score (nSPS) is 10.0. The van der Waals surface area contributed by atoms with Gasteiger partial charge in [-0.05, 0) is 36.8 Å². The van der Waals surface area contributed by atoms with E-state index in [4.69, 9.17) is 0 Å². The van der Waals surface area contributed by atoms with Gasteiger partial charge >= 0.3 is 0 Å². The molecule has 0 atom stereocenters. The third-order valence-electron chi connectivity index (χ3n) is 2.32. The maximum Gasteiger partial charge on any atom is 0.159 e. The zero-order valence-electron chi connectivity index (χ0n) is 8.86. The molecule has 0 radical (unpaired) electrons. The molecule has 0 saturated carbocycles. The summed E-state index contributed by atoms with van der Waals surface area (Å²) in [5.41, 5.74) is 3.38. The molecule has 0 unspecified atom stereocenters. The zero-order valence-corrected chi connectivity index (χ0v) is 8.86. The highest BCUT2D eigenvalue weighted by atomic mass is 14.9. The van der Waals surface area contributed by atoms with Crippen LogP contribution in [0.4, 0.5) is 5.69 Å². The lowest BCUT2D eigenvalue weighted by atomic mass is 10.1. The number of anilines is 1. The smallest absolute Gasteiger partial charge is 0.159 e. The fraction of sp³-hybridized carbons (Fsp3) is 0.167. The van der Waals surface area contributed by atoms with Crippen LogP contribution in [0.1, 0.15) is 5.56 Å². The Bertz CT molecular complexity index is 452. The molecular formula is C12H13N3. The second-order valence-electron chi connectivity index (χ2n) is 3.35. The van der Waals surface area contributed by atoms with Crippen molar-refractivity contribution < 1.29 is 0 Å². The fourth-order valence-corrected chi connectivity index (χ4v) is 1.53. The molecule has 2 rings (SSSR count). The van der Waals surface area contributed by atoms with Crippen LogP contribution < -0.4 is 5.32 Å². The second kappa shape index (κ2) is 4.09. The van der Waals surface area contributed by atoms with E-state index in [1.807, 2.05) is 25.2 Å². The quantitative estimate of drug-likeness (QED) is 0.807. The molecule has 2 aromatic rings. The second-order valence-corrected chi connectivity index (χ2v) is 3.35. The summed E-state index contributed by atoms with van der Waals surface area (Å²) in [6.07, 6.45) is 3.51. The van der Waals surface area contributed by atoms with Crippen molar-refractivity contribution >= 4 is 5.69 Å². The van der Waals surface area contributed by atoms with Gasteiger partial charge in [-0.3, -0.25) is 0 Å². The Morgan fingerprint density at radius 3 is 2.47 bits per heavy atom. The average Bonchev–Trinajstić information content (AvgIpc) is 2.30. The van der Waals surface area contributed by atoms with E-state index in [0.29, 0.717) is 0 Å². The standard InChI is InChI=1S/C12H13N3/c1-9-8-10(4-5-11(9)13-2)12-14-6-3-7-15-12/h3-8,13H,1-2H3. The van der Waals surface area contributed by atoms with Gasteiger partial charge in [0.2, 0.25) is 0 Å². The Kier molecular flexibility index (Phi) is 2.63. The lowest BCUT2D eigenvalue weighted by Crippen LogP contribution is -1.93. The summed E-state index contributed by atoms with van der Waals surface area (Å²) in [4.78, 5) is 8.43. The van der Waals surface area contributed by atoms with Gasteiger partial charge in [0.15, 0.2) is 5.82 Å². The predicted molar refractivity (Wildman–Crippen MR) is 61.8 cm³/mol. The van der Waals surface area contributed by atoms with Crippen molar-refractivity contribution in [1.29, 1.82) is 0 Å². The van der Waals surface area contributed by atoms with Crippen molar-refractivity contribution in [2.45, 2.75) is 6.92 Å². The summed E-state index contributed by atoms with van der Waals surface area (Å²) in [7, 11) is 1.92. The van der Waals surface area contributed by atoms with Crippen molar-refractivity contribution in [3.05, 3.63) is 42.2 Å². The molecule has 1 heterocycles. The highest BCUT2D eigenvalue weighted by Crippen LogP contribution is 2.21. The molecule has 1 aromatic carbocycles. The Morgan fingerprint density at radius 1 is 1.13 bits per heavy atom. The first-order valence-electron chi connectivity index (χ1n) is 4.87. The lowest BCUT2D eigenvalue weighted by Gasteiger charge is -2.06. The molecule has 3 nitrogen and oxygen atoms in total. The number of aryl methyl sites for hydroxylation is 1. The minimum absolute atomic E-state index is 0.767. The van der Waals surface area contributed by atoms with Crippen molar-refractivity contribution in [1.82, 2.24) is 9.97 Å². The summed E-state index contributed by atoms with van der Waals surface area (Å²) < 4.78 is 0. The predicted octanol–water partition coefficient (Wildman–Crippen LogP) is 2.49. The van der Waals surface area contributed by atoms with Crippen LogP contribution in [0.25, 0.3) is 11.4 Å². The van der Waals surface area contributed by atoms with Crippen LogP contribution in [0, 0.1) is 6.92 Å². The van der Waals surface area contributed by atoms with Crippen LogP contribution in [0.2, 0.25) is 0 Å². The molecule has 1 N–H and O–H groups in total. The number of aromatic nitrogens is 2. The third-order valence-corrected chi connectivity index (χ3v) is 2.32. The van der Waals surface area contributed by atoms with Gasteiger partial charge in [0.1, 0.15) is 0 Å². The number of hydrogen-bond acceptors (Lipinski definition) is 3. The number of hydrogen-bond donors (Lipinski definition) is 1. The highest BCUT2D eigenvalue weighted by molar-refractivity contribution is 5.63. The maximum atomic E-state index is 4.21. The molecule has 0 aliphatic rings. The molecule has 0 fully saturated rings. The number of nitrogens with zero attached hydrogens (tertiary/aromatic N) is 2. The lowest BCUT2D eigenvalue weighted by molar-refractivity contribution is 1.17. The first-order chi connectivity index (χ1) is 7.31. The van der Waals surface area contributed by atoms with Gasteiger partial charge in [-0.1, -0.05) is 0 Å². The first-order valence-corrected chi connectivity index (χ1v) is 4.87. The number of benzene rings is 1. The van der Waals surface area contributed by atoms with E-state index in [0.717, 1.165) is 17.1 Å². The Labute approximate surface area is 89.2 Å². The van der Waals surface area contributed by atoms with Crippen LogP contribution in [-0.4, -0.2) is 17.0 Å². The van der Waals surface area contributed by atoms with Crippen molar-refractivity contribution in [3.63, 3.8) is 0 Å². The largest absolute Gasteiger partial charge is 0.388 e. The van der Waals surface area contributed by atoms with Crippen LogP contribution in [0.5, 0.6) is 0 Å². The van der Waals surface area contributed by atoms with E-state index in [2.05, 4.69) is 28.3 Å². The molecule has 0 amide bonds. The maximum absolute atomic E-state index is 4.21. The van der Waals surface area contributed by atoms with Gasteiger partial charge in [0, 0.05) is 30.7 Å². The minimum Gasteiger partial charge on any atom is -0.388 e. The minimum atomic E-state index is 0.767. The summed E-state index contributed by atoms with van der Waals surface area (Å²) in [6, 6.07) is 7.97. The van der Waals surface area contributed by atoms with Gasteiger partial charge in [0.25, 0.3) is 0 Å². The van der Waals surface area contributed by atoms with Crippen molar-refractivity contribution in [3.8, 4) is 11.4 Å². The summed E-state index contributed by atoms with van der Waals surface area (Å²) >= 11 is 0. The first kappa shape index (κ1) is 9.65. The topological polar surface area (TPSA) is 37.8 Å². The van der Waals surface area contributed by atoms with Gasteiger partial charge in [-0.15, -0.1) is 0 Å². The zero-order chi connectivity index (χ0) is 10.7. The van der Waals surface area contributed by atoms with Crippen LogP contribution in [0.3, 0.4) is 0 Å². The molecule has 0 aliphatic carbocycles. The van der Waals surface area contributed by atoms with E-state index in [1.54, 1.807) is 12.4 Å². The van der Waals surface area contributed by atoms with E-state index in [-0.39, 0.29) is 0 Å². The Balaban J connectivity index is 2.43. The summed E-state index contributed by atoms with van der Waals surface area (Å²) in [6.45, 7) is 2.07. The van der Waals surface area contributed by atoms with Crippen molar-refractivity contribution in [2.75, 3.05) is 12.4 Å².